The van der Waals surface area contributed by atoms with Crippen molar-refractivity contribution in [3.8, 4) is 11.5 Å². The molecule has 0 heterocycles. The van der Waals surface area contributed by atoms with E-state index in [1.54, 1.807) is 20.2 Å². The number of benzene rings is 1. The number of carbonyl (C=O) groups is 2. The molecule has 0 bridgehead atoms. The molecule has 0 saturated heterocycles. The van der Waals surface area contributed by atoms with E-state index in [0.717, 1.165) is 0 Å². The topological polar surface area (TPSA) is 85.1 Å². The molecule has 0 fully saturated rings. The Morgan fingerprint density at radius 1 is 1.14 bits per heavy atom. The second-order valence-electron chi connectivity index (χ2n) is 4.74. The second-order valence-corrected chi connectivity index (χ2v) is 4.74. The highest BCUT2D eigenvalue weighted by Crippen LogP contribution is 2.31. The SMILES string of the molecule is COc1cc(OC)c(N)c(C(=O)N(C)CC(=O)N(C)C)c1. The van der Waals surface area contributed by atoms with E-state index in [2.05, 4.69) is 0 Å². The van der Waals surface area contributed by atoms with E-state index < -0.39 is 0 Å². The largest absolute Gasteiger partial charge is 0.497 e. The lowest BCUT2D eigenvalue weighted by Gasteiger charge is -2.21. The van der Waals surface area contributed by atoms with Crippen LogP contribution >= 0.6 is 0 Å². The molecule has 7 heteroatoms. The molecule has 1 rings (SSSR count). The van der Waals surface area contributed by atoms with Crippen molar-refractivity contribution >= 4 is 17.5 Å². The predicted molar refractivity (Wildman–Crippen MR) is 79.6 cm³/mol. The van der Waals surface area contributed by atoms with E-state index in [1.807, 2.05) is 0 Å². The number of hydrogen-bond acceptors (Lipinski definition) is 5. The first-order valence-electron chi connectivity index (χ1n) is 6.29. The highest BCUT2D eigenvalue weighted by atomic mass is 16.5. The van der Waals surface area contributed by atoms with Gasteiger partial charge in [0.1, 0.15) is 11.5 Å². The highest BCUT2D eigenvalue weighted by Gasteiger charge is 2.21. The summed E-state index contributed by atoms with van der Waals surface area (Å²) in [5.41, 5.74) is 6.37. The quantitative estimate of drug-likeness (QED) is 0.797. The Bertz CT molecular complexity index is 543. The van der Waals surface area contributed by atoms with Crippen LogP contribution in [0.2, 0.25) is 0 Å². The maximum atomic E-state index is 12.4. The van der Waals surface area contributed by atoms with Crippen LogP contribution in [-0.2, 0) is 4.79 Å². The van der Waals surface area contributed by atoms with Crippen molar-refractivity contribution in [2.24, 2.45) is 0 Å². The first-order valence-corrected chi connectivity index (χ1v) is 6.29. The zero-order valence-corrected chi connectivity index (χ0v) is 13.0. The van der Waals surface area contributed by atoms with Gasteiger partial charge in [-0.2, -0.15) is 0 Å². The minimum Gasteiger partial charge on any atom is -0.497 e. The standard InChI is InChI=1S/C14H21N3O4/c1-16(2)12(18)8-17(3)14(19)10-6-9(20-4)7-11(21-5)13(10)15/h6-7H,8,15H2,1-5H3. The van der Waals surface area contributed by atoms with Crippen molar-refractivity contribution in [3.05, 3.63) is 17.7 Å². The van der Waals surface area contributed by atoms with E-state index in [1.165, 1.54) is 37.1 Å². The van der Waals surface area contributed by atoms with Crippen LogP contribution in [-0.4, -0.2) is 63.5 Å². The molecule has 0 aliphatic rings. The van der Waals surface area contributed by atoms with Crippen molar-refractivity contribution in [3.63, 3.8) is 0 Å². The van der Waals surface area contributed by atoms with Gasteiger partial charge in [0.15, 0.2) is 0 Å². The Morgan fingerprint density at radius 2 is 1.76 bits per heavy atom. The number of ether oxygens (including phenoxy) is 2. The van der Waals surface area contributed by atoms with Crippen molar-refractivity contribution < 1.29 is 19.1 Å². The molecule has 2 amide bonds. The summed E-state index contributed by atoms with van der Waals surface area (Å²) in [6.07, 6.45) is 0. The summed E-state index contributed by atoms with van der Waals surface area (Å²) in [6.45, 7) is -0.0369. The fourth-order valence-electron chi connectivity index (χ4n) is 1.69. The number of nitrogens with zero attached hydrogens (tertiary/aromatic N) is 2. The van der Waals surface area contributed by atoms with Gasteiger partial charge in [-0.25, -0.2) is 0 Å². The average Bonchev–Trinajstić information content (AvgIpc) is 2.46. The lowest BCUT2D eigenvalue weighted by molar-refractivity contribution is -0.129. The summed E-state index contributed by atoms with van der Waals surface area (Å²) in [6, 6.07) is 3.12. The number of anilines is 1. The lowest BCUT2D eigenvalue weighted by atomic mass is 10.1. The molecule has 0 aliphatic heterocycles. The smallest absolute Gasteiger partial charge is 0.256 e. The monoisotopic (exact) mass is 295 g/mol. The van der Waals surface area contributed by atoms with Crippen molar-refractivity contribution in [2.45, 2.75) is 0 Å². The normalized spacial score (nSPS) is 9.95. The summed E-state index contributed by atoms with van der Waals surface area (Å²) in [5, 5.41) is 0. The third-order valence-corrected chi connectivity index (χ3v) is 3.02. The fraction of sp³-hybridized carbons (Fsp3) is 0.429. The van der Waals surface area contributed by atoms with Crippen LogP contribution in [0.25, 0.3) is 0 Å². The molecule has 0 radical (unpaired) electrons. The van der Waals surface area contributed by atoms with Crippen LogP contribution in [0.4, 0.5) is 5.69 Å². The van der Waals surface area contributed by atoms with Gasteiger partial charge < -0.3 is 25.0 Å². The number of methoxy groups -OCH3 is 2. The van der Waals surface area contributed by atoms with E-state index in [4.69, 9.17) is 15.2 Å². The zero-order valence-electron chi connectivity index (χ0n) is 13.0. The Balaban J connectivity index is 3.09. The molecular formula is C14H21N3O4. The molecule has 0 spiro atoms. The zero-order chi connectivity index (χ0) is 16.2. The summed E-state index contributed by atoms with van der Waals surface area (Å²) in [4.78, 5) is 26.8. The van der Waals surface area contributed by atoms with Gasteiger partial charge in [-0.05, 0) is 6.07 Å². The van der Waals surface area contributed by atoms with Crippen LogP contribution in [0.1, 0.15) is 10.4 Å². The predicted octanol–water partition coefficient (Wildman–Crippen LogP) is 0.446. The van der Waals surface area contributed by atoms with Gasteiger partial charge in [0.2, 0.25) is 5.91 Å². The minimum absolute atomic E-state index is 0.0369. The Kier molecular flexibility index (Phi) is 5.40. The van der Waals surface area contributed by atoms with Crippen LogP contribution in [0.15, 0.2) is 12.1 Å². The van der Waals surface area contributed by atoms with E-state index in [0.29, 0.717) is 11.5 Å². The highest BCUT2D eigenvalue weighted by molar-refractivity contribution is 6.02. The minimum atomic E-state index is -0.375. The summed E-state index contributed by atoms with van der Waals surface area (Å²) in [5.74, 6) is 0.251. The number of amides is 2. The van der Waals surface area contributed by atoms with Crippen LogP contribution in [0.3, 0.4) is 0 Å². The third kappa shape index (κ3) is 3.77. The fourth-order valence-corrected chi connectivity index (χ4v) is 1.69. The van der Waals surface area contributed by atoms with Gasteiger partial charge in [0, 0.05) is 27.2 Å². The first-order chi connectivity index (χ1) is 9.81. The Labute approximate surface area is 124 Å². The van der Waals surface area contributed by atoms with E-state index in [-0.39, 0.29) is 29.6 Å². The van der Waals surface area contributed by atoms with Crippen molar-refractivity contribution in [1.29, 1.82) is 0 Å². The molecule has 7 nitrogen and oxygen atoms in total. The second kappa shape index (κ2) is 6.83. The van der Waals surface area contributed by atoms with Crippen molar-refractivity contribution in [1.82, 2.24) is 9.80 Å². The molecule has 0 aliphatic carbocycles. The Hall–Kier alpha value is -2.44. The van der Waals surface area contributed by atoms with Gasteiger partial charge in [-0.1, -0.05) is 0 Å². The summed E-state index contributed by atoms with van der Waals surface area (Å²) in [7, 11) is 7.74. The number of rotatable bonds is 5. The van der Waals surface area contributed by atoms with E-state index >= 15 is 0 Å². The molecule has 0 unspecified atom stereocenters. The van der Waals surface area contributed by atoms with Gasteiger partial charge >= 0.3 is 0 Å². The van der Waals surface area contributed by atoms with Crippen LogP contribution in [0, 0.1) is 0 Å². The van der Waals surface area contributed by atoms with Gasteiger partial charge in [0.05, 0.1) is 32.0 Å². The average molecular weight is 295 g/mol. The maximum Gasteiger partial charge on any atom is 0.256 e. The molecule has 0 aromatic heterocycles. The number of nitrogen functional groups attached to an aromatic ring is 1. The Morgan fingerprint density at radius 3 is 2.24 bits per heavy atom. The summed E-state index contributed by atoms with van der Waals surface area (Å²) >= 11 is 0. The van der Waals surface area contributed by atoms with Gasteiger partial charge in [-0.3, -0.25) is 9.59 Å². The molecular weight excluding hydrogens is 274 g/mol. The molecule has 1 aromatic rings. The molecule has 1 aromatic carbocycles. The van der Waals surface area contributed by atoms with Crippen LogP contribution in [0.5, 0.6) is 11.5 Å². The lowest BCUT2D eigenvalue weighted by Crippen LogP contribution is -2.38. The number of carbonyl (C=O) groups excluding carboxylic acids is 2. The van der Waals surface area contributed by atoms with Crippen molar-refractivity contribution in [2.75, 3.05) is 47.6 Å². The molecule has 0 atom stereocenters. The van der Waals surface area contributed by atoms with E-state index in [9.17, 15) is 9.59 Å². The first kappa shape index (κ1) is 16.6. The number of likely N-dealkylation sites (N-methyl/N-ethyl adjacent to an activating group) is 2. The number of nitrogens with two attached hydrogens (primary N) is 1. The van der Waals surface area contributed by atoms with Gasteiger partial charge in [0.25, 0.3) is 5.91 Å². The van der Waals surface area contributed by atoms with Crippen LogP contribution < -0.4 is 15.2 Å². The molecule has 0 saturated carbocycles. The molecule has 116 valence electrons. The number of hydrogen-bond donors (Lipinski definition) is 1. The molecule has 2 N–H and O–H groups in total. The third-order valence-electron chi connectivity index (χ3n) is 3.02. The van der Waals surface area contributed by atoms with Gasteiger partial charge in [-0.15, -0.1) is 0 Å². The summed E-state index contributed by atoms with van der Waals surface area (Å²) < 4.78 is 10.2. The maximum absolute atomic E-state index is 12.4. The molecule has 21 heavy (non-hydrogen) atoms.